The lowest BCUT2D eigenvalue weighted by Crippen LogP contribution is -2.44. The molecule has 0 bridgehead atoms. The molecule has 3 atom stereocenters. The Morgan fingerprint density at radius 2 is 1.78 bits per heavy atom. The van der Waals surface area contributed by atoms with Crippen LogP contribution in [0.15, 0.2) is 30.5 Å². The van der Waals surface area contributed by atoms with Gasteiger partial charge in [0.25, 0.3) is 0 Å². The number of esters is 2. The number of rotatable bonds is 9. The van der Waals surface area contributed by atoms with Gasteiger partial charge in [-0.1, -0.05) is 39.3 Å². The minimum atomic E-state index is -0.887. The molecule has 1 aromatic rings. The van der Waals surface area contributed by atoms with Crippen molar-refractivity contribution in [3.63, 3.8) is 0 Å². The third kappa shape index (κ3) is 9.60. The number of benzene rings is 1. The number of methoxy groups -OCH3 is 2. The van der Waals surface area contributed by atoms with Gasteiger partial charge in [0.15, 0.2) is 17.6 Å². The molecule has 1 saturated heterocycles. The topological polar surface area (TPSA) is 89.5 Å². The number of allylic oxidation sites excluding steroid dienone is 1. The van der Waals surface area contributed by atoms with Gasteiger partial charge in [0, 0.05) is 19.8 Å². The van der Waals surface area contributed by atoms with Gasteiger partial charge in [0.05, 0.1) is 20.0 Å². The Hall–Kier alpha value is -2.74. The summed E-state index contributed by atoms with van der Waals surface area (Å²) in [5.74, 6) is 0.535. The van der Waals surface area contributed by atoms with E-state index in [1.54, 1.807) is 19.1 Å². The molecule has 32 heavy (non-hydrogen) atoms. The molecule has 0 saturated carbocycles. The van der Waals surface area contributed by atoms with Gasteiger partial charge >= 0.3 is 11.9 Å². The molecular formula is C24H36O8. The largest absolute Gasteiger partial charge is 0.494 e. The Balaban J connectivity index is 0.00000118. The first-order valence-electron chi connectivity index (χ1n) is 10.8. The van der Waals surface area contributed by atoms with E-state index in [4.69, 9.17) is 28.4 Å². The molecule has 0 amide bonds. The molecule has 1 aliphatic rings. The van der Waals surface area contributed by atoms with Crippen molar-refractivity contribution >= 4 is 11.9 Å². The molecule has 0 aromatic heterocycles. The Kier molecular flexibility index (Phi) is 12.2. The van der Waals surface area contributed by atoms with Gasteiger partial charge in [-0.3, -0.25) is 4.79 Å². The van der Waals surface area contributed by atoms with Gasteiger partial charge in [0.2, 0.25) is 6.29 Å². The van der Waals surface area contributed by atoms with Crippen LogP contribution in [0.2, 0.25) is 0 Å². The summed E-state index contributed by atoms with van der Waals surface area (Å²) in [4.78, 5) is 23.2. The normalized spacial score (nSPS) is 19.6. The zero-order valence-electron chi connectivity index (χ0n) is 20.0. The molecule has 1 fully saturated rings. The molecule has 0 spiro atoms. The second-order valence-electron chi connectivity index (χ2n) is 7.37. The zero-order valence-corrected chi connectivity index (χ0v) is 20.0. The van der Waals surface area contributed by atoms with Gasteiger partial charge in [0.1, 0.15) is 12.7 Å². The van der Waals surface area contributed by atoms with Crippen LogP contribution in [0.5, 0.6) is 11.5 Å². The van der Waals surface area contributed by atoms with E-state index in [1.807, 2.05) is 6.07 Å². The molecule has 2 rings (SSSR count). The van der Waals surface area contributed by atoms with Crippen LogP contribution in [0.3, 0.4) is 0 Å². The Bertz CT molecular complexity index is 744. The lowest BCUT2D eigenvalue weighted by Gasteiger charge is -2.33. The fraction of sp³-hybridized carbons (Fsp3) is 0.583. The minimum absolute atomic E-state index is 0.209. The van der Waals surface area contributed by atoms with E-state index in [-0.39, 0.29) is 12.8 Å². The molecule has 0 aliphatic carbocycles. The Morgan fingerprint density at radius 1 is 1.09 bits per heavy atom. The molecule has 0 N–H and O–H groups in total. The number of ether oxygens (including phenoxy) is 6. The fourth-order valence-corrected chi connectivity index (χ4v) is 2.78. The van der Waals surface area contributed by atoms with Crippen LogP contribution in [0.25, 0.3) is 0 Å². The molecule has 8 heteroatoms. The second kappa shape index (κ2) is 14.3. The van der Waals surface area contributed by atoms with Gasteiger partial charge in [-0.05, 0) is 24.6 Å². The van der Waals surface area contributed by atoms with Crippen molar-refractivity contribution in [1.82, 2.24) is 0 Å². The van der Waals surface area contributed by atoms with Crippen molar-refractivity contribution in [3.8, 4) is 11.5 Å². The molecule has 1 heterocycles. The first kappa shape index (κ1) is 27.3. The monoisotopic (exact) mass is 452 g/mol. The van der Waals surface area contributed by atoms with Crippen LogP contribution in [-0.4, -0.2) is 44.7 Å². The van der Waals surface area contributed by atoms with Gasteiger partial charge < -0.3 is 28.4 Å². The highest BCUT2D eigenvalue weighted by molar-refractivity contribution is 5.74. The lowest BCUT2D eigenvalue weighted by molar-refractivity contribution is -0.204. The van der Waals surface area contributed by atoms with E-state index < -0.39 is 30.4 Å². The van der Waals surface area contributed by atoms with Gasteiger partial charge in [-0.25, -0.2) is 4.79 Å². The molecular weight excluding hydrogens is 416 g/mol. The van der Waals surface area contributed by atoms with Crippen LogP contribution in [0.4, 0.5) is 0 Å². The molecule has 3 unspecified atom stereocenters. The smallest absolute Gasteiger partial charge is 0.335 e. The summed E-state index contributed by atoms with van der Waals surface area (Å²) in [6, 6.07) is 5.33. The van der Waals surface area contributed by atoms with Crippen molar-refractivity contribution in [2.45, 2.75) is 78.5 Å². The van der Waals surface area contributed by atoms with Crippen LogP contribution in [-0.2, 0) is 35.1 Å². The highest BCUT2D eigenvalue weighted by Gasteiger charge is 2.37. The maximum atomic E-state index is 11.9. The third-order valence-corrected chi connectivity index (χ3v) is 4.52. The van der Waals surface area contributed by atoms with Crippen molar-refractivity contribution in [1.29, 1.82) is 0 Å². The van der Waals surface area contributed by atoms with Gasteiger partial charge in [-0.15, -0.1) is 0 Å². The number of hydrogen-bond donors (Lipinski definition) is 0. The van der Waals surface area contributed by atoms with E-state index in [0.717, 1.165) is 5.56 Å². The number of unbranched alkanes of at least 4 members (excludes halogenated alkanes) is 1. The molecule has 1 aliphatic heterocycles. The van der Waals surface area contributed by atoms with E-state index in [9.17, 15) is 9.59 Å². The fourth-order valence-electron chi connectivity index (χ4n) is 2.78. The van der Waals surface area contributed by atoms with E-state index >= 15 is 0 Å². The average molecular weight is 453 g/mol. The maximum absolute atomic E-state index is 11.9. The second-order valence-corrected chi connectivity index (χ2v) is 7.37. The van der Waals surface area contributed by atoms with Crippen LogP contribution >= 0.6 is 0 Å². The Labute approximate surface area is 190 Å². The predicted molar refractivity (Wildman–Crippen MR) is 119 cm³/mol. The zero-order chi connectivity index (χ0) is 24.1. The van der Waals surface area contributed by atoms with Crippen molar-refractivity contribution in [2.24, 2.45) is 0 Å². The molecule has 180 valence electrons. The van der Waals surface area contributed by atoms with Crippen LogP contribution in [0, 0.1) is 0 Å². The molecule has 1 aromatic carbocycles. The minimum Gasteiger partial charge on any atom is -0.494 e. The SMILES string of the molecule is C=C(C)OCc1ccc(OC2CC(OC(C)=O)CC(C(=O)OC)O2)c(OC)c1.CCCC. The summed E-state index contributed by atoms with van der Waals surface area (Å²) >= 11 is 0. The summed E-state index contributed by atoms with van der Waals surface area (Å²) in [5.41, 5.74) is 0.877. The first-order valence-corrected chi connectivity index (χ1v) is 10.8. The summed E-state index contributed by atoms with van der Waals surface area (Å²) in [6.07, 6.45) is 0.905. The van der Waals surface area contributed by atoms with Crippen molar-refractivity contribution in [2.75, 3.05) is 14.2 Å². The highest BCUT2D eigenvalue weighted by Crippen LogP contribution is 2.32. The highest BCUT2D eigenvalue weighted by atomic mass is 16.7. The van der Waals surface area contributed by atoms with E-state index in [1.165, 1.54) is 34.0 Å². The predicted octanol–water partition coefficient (Wildman–Crippen LogP) is 4.54. The number of hydrogen-bond acceptors (Lipinski definition) is 8. The number of carbonyl (C=O) groups is 2. The standard InChI is InChI=1S/C20H26O8.C4H10/c1-12(2)25-11-14-6-7-16(17(8-14)23-4)27-19-10-15(26-13(3)21)9-18(28-19)20(22)24-5;1-3-4-2/h6-8,15,18-19H,1,9-11H2,2-5H3;3-4H2,1-2H3. The van der Waals surface area contributed by atoms with E-state index in [2.05, 4.69) is 20.4 Å². The summed E-state index contributed by atoms with van der Waals surface area (Å²) in [6.45, 7) is 11.5. The third-order valence-electron chi connectivity index (χ3n) is 4.52. The molecule has 0 radical (unpaired) electrons. The first-order chi connectivity index (χ1) is 15.2. The average Bonchev–Trinajstić information content (AvgIpc) is 2.77. The van der Waals surface area contributed by atoms with Crippen molar-refractivity contribution in [3.05, 3.63) is 36.1 Å². The number of carbonyl (C=O) groups excluding carboxylic acids is 2. The lowest BCUT2D eigenvalue weighted by atomic mass is 10.0. The maximum Gasteiger partial charge on any atom is 0.335 e. The summed E-state index contributed by atoms with van der Waals surface area (Å²) < 4.78 is 32.4. The quantitative estimate of drug-likeness (QED) is 0.398. The summed E-state index contributed by atoms with van der Waals surface area (Å²) in [7, 11) is 2.79. The van der Waals surface area contributed by atoms with E-state index in [0.29, 0.717) is 23.9 Å². The van der Waals surface area contributed by atoms with Crippen molar-refractivity contribution < 1.29 is 38.0 Å². The summed E-state index contributed by atoms with van der Waals surface area (Å²) in [5, 5.41) is 0. The van der Waals surface area contributed by atoms with Crippen LogP contribution in [0.1, 0.15) is 58.9 Å². The van der Waals surface area contributed by atoms with Crippen LogP contribution < -0.4 is 9.47 Å². The Morgan fingerprint density at radius 3 is 2.31 bits per heavy atom. The molecule has 8 nitrogen and oxygen atoms in total. The van der Waals surface area contributed by atoms with Gasteiger partial charge in [-0.2, -0.15) is 0 Å².